The number of hydrogen-bond acceptors (Lipinski definition) is 2. The lowest BCUT2D eigenvalue weighted by molar-refractivity contribution is 0.0864. The van der Waals surface area contributed by atoms with Crippen molar-refractivity contribution in [1.82, 2.24) is 5.32 Å². The van der Waals surface area contributed by atoms with Crippen molar-refractivity contribution in [3.63, 3.8) is 0 Å². The molecule has 13 heavy (non-hydrogen) atoms. The summed E-state index contributed by atoms with van der Waals surface area (Å²) < 4.78 is 5.20. The summed E-state index contributed by atoms with van der Waals surface area (Å²) in [5.41, 5.74) is 0. The van der Waals surface area contributed by atoms with Crippen LogP contribution in [0.4, 0.5) is 0 Å². The molecular weight excluding hydrogens is 162 g/mol. The molecule has 0 bridgehead atoms. The van der Waals surface area contributed by atoms with Crippen LogP contribution >= 0.6 is 0 Å². The Kier molecular flexibility index (Phi) is 6.66. The van der Waals surface area contributed by atoms with Crippen molar-refractivity contribution in [2.45, 2.75) is 51.8 Å². The van der Waals surface area contributed by atoms with Gasteiger partial charge in [-0.3, -0.25) is 5.32 Å². The van der Waals surface area contributed by atoms with Gasteiger partial charge in [0.2, 0.25) is 0 Å². The highest BCUT2D eigenvalue weighted by molar-refractivity contribution is 4.99. The van der Waals surface area contributed by atoms with E-state index < -0.39 is 0 Å². The van der Waals surface area contributed by atoms with Gasteiger partial charge in [0.05, 0.1) is 12.1 Å². The van der Waals surface area contributed by atoms with Crippen LogP contribution < -0.4 is 5.32 Å². The number of terminal acetylenes is 1. The smallest absolute Gasteiger partial charge is 0.0693 e. The van der Waals surface area contributed by atoms with E-state index in [1.807, 2.05) is 6.92 Å². The van der Waals surface area contributed by atoms with Crippen LogP contribution in [0.3, 0.4) is 0 Å². The fourth-order valence-electron chi connectivity index (χ4n) is 1.16. The van der Waals surface area contributed by atoms with E-state index >= 15 is 0 Å². The molecule has 0 aliphatic carbocycles. The monoisotopic (exact) mass is 183 g/mol. The lowest BCUT2D eigenvalue weighted by atomic mass is 10.1. The highest BCUT2D eigenvalue weighted by atomic mass is 16.5. The molecule has 2 heteroatoms. The van der Waals surface area contributed by atoms with Gasteiger partial charge in [-0.05, 0) is 20.3 Å². The lowest BCUT2D eigenvalue weighted by Gasteiger charge is -2.23. The average Bonchev–Trinajstić information content (AvgIpc) is 2.15. The van der Waals surface area contributed by atoms with Gasteiger partial charge < -0.3 is 4.74 Å². The van der Waals surface area contributed by atoms with Crippen LogP contribution in [0.5, 0.6) is 0 Å². The summed E-state index contributed by atoms with van der Waals surface area (Å²) in [6, 6.07) is 0.482. The first-order chi connectivity index (χ1) is 6.15. The number of ether oxygens (including phenoxy) is 1. The second kappa shape index (κ2) is 6.94. The molecule has 0 aromatic heterocycles. The zero-order valence-electron chi connectivity index (χ0n) is 9.13. The topological polar surface area (TPSA) is 21.3 Å². The summed E-state index contributed by atoms with van der Waals surface area (Å²) in [6.45, 7) is 6.27. The fraction of sp³-hybridized carbons (Fsp3) is 0.818. The van der Waals surface area contributed by atoms with Crippen molar-refractivity contribution in [3.05, 3.63) is 0 Å². The molecule has 2 nitrogen and oxygen atoms in total. The molecule has 3 unspecified atom stereocenters. The predicted octanol–water partition coefficient (Wildman–Crippen LogP) is 1.80. The van der Waals surface area contributed by atoms with Crippen molar-refractivity contribution >= 4 is 0 Å². The normalized spacial score (nSPS) is 17.5. The van der Waals surface area contributed by atoms with E-state index in [1.165, 1.54) is 0 Å². The first kappa shape index (κ1) is 12.5. The Morgan fingerprint density at radius 1 is 1.46 bits per heavy atom. The highest BCUT2D eigenvalue weighted by Crippen LogP contribution is 2.01. The molecule has 0 aromatic rings. The van der Waals surface area contributed by atoms with Crippen LogP contribution in [-0.2, 0) is 4.74 Å². The van der Waals surface area contributed by atoms with E-state index in [0.717, 1.165) is 12.8 Å². The molecule has 0 amide bonds. The van der Waals surface area contributed by atoms with Crippen LogP contribution in [0.15, 0.2) is 0 Å². The molecule has 0 rings (SSSR count). The SMILES string of the molecule is C#CC(CCC)NC(C)C(C)OC. The quantitative estimate of drug-likeness (QED) is 0.634. The minimum Gasteiger partial charge on any atom is -0.380 e. The third-order valence-electron chi connectivity index (χ3n) is 2.32. The van der Waals surface area contributed by atoms with Gasteiger partial charge in [0.1, 0.15) is 0 Å². The first-order valence-corrected chi connectivity index (χ1v) is 4.90. The first-order valence-electron chi connectivity index (χ1n) is 4.90. The van der Waals surface area contributed by atoms with Crippen molar-refractivity contribution in [2.75, 3.05) is 7.11 Å². The lowest BCUT2D eigenvalue weighted by Crippen LogP contribution is -2.42. The van der Waals surface area contributed by atoms with E-state index in [9.17, 15) is 0 Å². The molecule has 0 saturated carbocycles. The molecule has 0 aliphatic rings. The Balaban J connectivity index is 3.87. The van der Waals surface area contributed by atoms with Crippen molar-refractivity contribution in [2.24, 2.45) is 0 Å². The zero-order valence-corrected chi connectivity index (χ0v) is 9.13. The van der Waals surface area contributed by atoms with Crippen LogP contribution in [0.2, 0.25) is 0 Å². The maximum atomic E-state index is 5.40. The number of nitrogens with one attached hydrogen (secondary N) is 1. The maximum absolute atomic E-state index is 5.40. The zero-order chi connectivity index (χ0) is 10.3. The summed E-state index contributed by atoms with van der Waals surface area (Å²) >= 11 is 0. The van der Waals surface area contributed by atoms with E-state index in [0.29, 0.717) is 6.04 Å². The summed E-state index contributed by atoms with van der Waals surface area (Å²) in [7, 11) is 1.72. The molecule has 0 aromatic carbocycles. The predicted molar refractivity (Wildman–Crippen MR) is 56.6 cm³/mol. The highest BCUT2D eigenvalue weighted by Gasteiger charge is 2.14. The molecule has 0 saturated heterocycles. The standard InChI is InChI=1S/C11H21NO/c1-6-8-11(7-2)12-9(3)10(4)13-5/h2,9-12H,6,8H2,1,3-5H3. The Labute approximate surface area is 82.1 Å². The Morgan fingerprint density at radius 3 is 2.46 bits per heavy atom. The second-order valence-electron chi connectivity index (χ2n) is 3.40. The van der Waals surface area contributed by atoms with Crippen LogP contribution in [0, 0.1) is 12.3 Å². The van der Waals surface area contributed by atoms with Gasteiger partial charge in [-0.2, -0.15) is 0 Å². The molecule has 1 N–H and O–H groups in total. The van der Waals surface area contributed by atoms with Gasteiger partial charge in [-0.1, -0.05) is 19.3 Å². The Morgan fingerprint density at radius 2 is 2.08 bits per heavy atom. The Bertz CT molecular complexity index is 162. The summed E-state index contributed by atoms with van der Waals surface area (Å²) in [4.78, 5) is 0. The minimum atomic E-state index is 0.178. The summed E-state index contributed by atoms with van der Waals surface area (Å²) in [5.74, 6) is 2.75. The third-order valence-corrected chi connectivity index (χ3v) is 2.32. The number of rotatable bonds is 6. The van der Waals surface area contributed by atoms with E-state index in [4.69, 9.17) is 11.2 Å². The van der Waals surface area contributed by atoms with Gasteiger partial charge in [-0.25, -0.2) is 0 Å². The molecule has 0 fully saturated rings. The van der Waals surface area contributed by atoms with E-state index in [2.05, 4.69) is 25.1 Å². The maximum Gasteiger partial charge on any atom is 0.0693 e. The van der Waals surface area contributed by atoms with Crippen LogP contribution in [-0.4, -0.2) is 25.3 Å². The largest absolute Gasteiger partial charge is 0.380 e. The van der Waals surface area contributed by atoms with Crippen molar-refractivity contribution in [1.29, 1.82) is 0 Å². The molecular formula is C11H21NO. The fourth-order valence-corrected chi connectivity index (χ4v) is 1.16. The van der Waals surface area contributed by atoms with E-state index in [1.54, 1.807) is 7.11 Å². The average molecular weight is 183 g/mol. The van der Waals surface area contributed by atoms with Gasteiger partial charge >= 0.3 is 0 Å². The van der Waals surface area contributed by atoms with Gasteiger partial charge in [0.25, 0.3) is 0 Å². The molecule has 0 aliphatic heterocycles. The number of methoxy groups -OCH3 is 1. The van der Waals surface area contributed by atoms with Gasteiger partial charge in [0, 0.05) is 13.2 Å². The van der Waals surface area contributed by atoms with Crippen LogP contribution in [0.25, 0.3) is 0 Å². The molecule has 3 atom stereocenters. The molecule has 0 heterocycles. The van der Waals surface area contributed by atoms with E-state index in [-0.39, 0.29) is 12.1 Å². The summed E-state index contributed by atoms with van der Waals surface area (Å²) in [6.07, 6.45) is 7.73. The van der Waals surface area contributed by atoms with Crippen molar-refractivity contribution < 1.29 is 4.74 Å². The summed E-state index contributed by atoms with van der Waals surface area (Å²) in [5, 5.41) is 3.36. The second-order valence-corrected chi connectivity index (χ2v) is 3.40. The molecule has 0 spiro atoms. The van der Waals surface area contributed by atoms with Gasteiger partial charge in [0.15, 0.2) is 0 Å². The van der Waals surface area contributed by atoms with Gasteiger partial charge in [-0.15, -0.1) is 6.42 Å². The van der Waals surface area contributed by atoms with Crippen LogP contribution in [0.1, 0.15) is 33.6 Å². The molecule has 76 valence electrons. The minimum absolute atomic E-state index is 0.178. The third kappa shape index (κ3) is 4.92. The number of hydrogen-bond donors (Lipinski definition) is 1. The molecule has 0 radical (unpaired) electrons. The Hall–Kier alpha value is -0.520. The van der Waals surface area contributed by atoms with Crippen molar-refractivity contribution in [3.8, 4) is 12.3 Å².